The second-order valence-corrected chi connectivity index (χ2v) is 6.09. The maximum absolute atomic E-state index is 12.9. The highest BCUT2D eigenvalue weighted by Crippen LogP contribution is 2.39. The summed E-state index contributed by atoms with van der Waals surface area (Å²) in [5, 5.41) is 0. The van der Waals surface area contributed by atoms with E-state index in [1.165, 1.54) is 6.07 Å². The van der Waals surface area contributed by atoms with Gasteiger partial charge in [-0.05, 0) is 60.4 Å². The van der Waals surface area contributed by atoms with Crippen molar-refractivity contribution in [3.8, 4) is 0 Å². The zero-order chi connectivity index (χ0) is 15.2. The summed E-state index contributed by atoms with van der Waals surface area (Å²) in [6.45, 7) is 0. The Kier molecular flexibility index (Phi) is 3.48. The number of halogens is 4. The summed E-state index contributed by atoms with van der Waals surface area (Å²) in [7, 11) is 1.89. The van der Waals surface area contributed by atoms with E-state index >= 15 is 0 Å². The minimum Gasteiger partial charge on any atom is -0.344 e. The average molecular weight is 356 g/mol. The molecule has 0 saturated carbocycles. The molecule has 0 bridgehead atoms. The van der Waals surface area contributed by atoms with Crippen LogP contribution >= 0.6 is 15.9 Å². The fourth-order valence-electron chi connectivity index (χ4n) is 2.77. The molecule has 0 aromatic heterocycles. The molecule has 0 amide bonds. The number of benzene rings is 2. The van der Waals surface area contributed by atoms with E-state index < -0.39 is 11.7 Å². The topological polar surface area (TPSA) is 3.24 Å². The Bertz CT molecular complexity index is 694. The van der Waals surface area contributed by atoms with Gasteiger partial charge in [0.15, 0.2) is 0 Å². The first-order chi connectivity index (χ1) is 9.86. The Hall–Kier alpha value is -1.49. The molecule has 2 aromatic rings. The van der Waals surface area contributed by atoms with Crippen LogP contribution in [0, 0.1) is 0 Å². The van der Waals surface area contributed by atoms with Gasteiger partial charge in [-0.2, -0.15) is 13.2 Å². The minimum absolute atomic E-state index is 0.582. The molecule has 0 spiro atoms. The molecular formula is C16H13BrF3N. The lowest BCUT2D eigenvalue weighted by Gasteiger charge is -2.22. The van der Waals surface area contributed by atoms with Crippen molar-refractivity contribution >= 4 is 27.3 Å². The molecule has 0 saturated heterocycles. The van der Waals surface area contributed by atoms with E-state index in [2.05, 4.69) is 15.9 Å². The van der Waals surface area contributed by atoms with Gasteiger partial charge < -0.3 is 4.90 Å². The predicted octanol–water partition coefficient (Wildman–Crippen LogP) is 5.33. The highest BCUT2D eigenvalue weighted by atomic mass is 79.9. The van der Waals surface area contributed by atoms with Gasteiger partial charge in [-0.3, -0.25) is 0 Å². The van der Waals surface area contributed by atoms with Gasteiger partial charge in [-0.1, -0.05) is 15.9 Å². The largest absolute Gasteiger partial charge is 0.416 e. The molecule has 5 heteroatoms. The van der Waals surface area contributed by atoms with Gasteiger partial charge in [0.2, 0.25) is 0 Å². The summed E-state index contributed by atoms with van der Waals surface area (Å²) in [5.74, 6) is 0. The Morgan fingerprint density at radius 2 is 1.52 bits per heavy atom. The molecule has 0 fully saturated rings. The molecule has 0 aliphatic carbocycles. The van der Waals surface area contributed by atoms with Crippen molar-refractivity contribution in [1.82, 2.24) is 0 Å². The summed E-state index contributed by atoms with van der Waals surface area (Å²) >= 11 is 3.44. The Balaban J connectivity index is 2.09. The average Bonchev–Trinajstić information content (AvgIpc) is 2.55. The quantitative estimate of drug-likeness (QED) is 0.616. The third-order valence-electron chi connectivity index (χ3n) is 3.83. The van der Waals surface area contributed by atoms with Gasteiger partial charge in [-0.15, -0.1) is 0 Å². The van der Waals surface area contributed by atoms with Crippen LogP contribution in [0.25, 0.3) is 0 Å². The third kappa shape index (κ3) is 2.67. The zero-order valence-corrected chi connectivity index (χ0v) is 12.9. The Morgan fingerprint density at radius 3 is 2.14 bits per heavy atom. The fourth-order valence-corrected chi connectivity index (χ4v) is 3.18. The van der Waals surface area contributed by atoms with E-state index in [1.807, 2.05) is 30.1 Å². The van der Waals surface area contributed by atoms with Crippen molar-refractivity contribution in [3.63, 3.8) is 0 Å². The fraction of sp³-hybridized carbons (Fsp3) is 0.250. The lowest BCUT2D eigenvalue weighted by atomic mass is 10.0. The second kappa shape index (κ2) is 5.05. The number of hydrogen-bond acceptors (Lipinski definition) is 1. The third-order valence-corrected chi connectivity index (χ3v) is 4.33. The van der Waals surface area contributed by atoms with Crippen LogP contribution in [0.5, 0.6) is 0 Å². The van der Waals surface area contributed by atoms with Crippen molar-refractivity contribution in [2.24, 2.45) is 0 Å². The van der Waals surface area contributed by atoms with E-state index in [0.717, 1.165) is 39.5 Å². The van der Waals surface area contributed by atoms with Crippen molar-refractivity contribution in [1.29, 1.82) is 0 Å². The van der Waals surface area contributed by atoms with Crippen LogP contribution in [-0.2, 0) is 19.0 Å². The Labute approximate surface area is 129 Å². The number of rotatable bonds is 0. The van der Waals surface area contributed by atoms with Crippen molar-refractivity contribution in [3.05, 3.63) is 57.6 Å². The summed E-state index contributed by atoms with van der Waals surface area (Å²) in [5.41, 5.74) is 3.17. The number of aryl methyl sites for hydroxylation is 2. The monoisotopic (exact) mass is 355 g/mol. The van der Waals surface area contributed by atoms with Gasteiger partial charge in [0.05, 0.1) is 5.56 Å². The van der Waals surface area contributed by atoms with Crippen LogP contribution in [0.3, 0.4) is 0 Å². The maximum Gasteiger partial charge on any atom is 0.416 e. The van der Waals surface area contributed by atoms with E-state index in [-0.39, 0.29) is 0 Å². The van der Waals surface area contributed by atoms with Crippen molar-refractivity contribution in [2.45, 2.75) is 19.0 Å². The summed E-state index contributed by atoms with van der Waals surface area (Å²) < 4.78 is 39.5. The molecule has 21 heavy (non-hydrogen) atoms. The first-order valence-electron chi connectivity index (χ1n) is 6.58. The van der Waals surface area contributed by atoms with Gasteiger partial charge in [0, 0.05) is 22.9 Å². The molecule has 1 aliphatic heterocycles. The molecule has 0 atom stereocenters. The molecule has 1 aliphatic rings. The second-order valence-electron chi connectivity index (χ2n) is 5.17. The van der Waals surface area contributed by atoms with E-state index in [4.69, 9.17) is 0 Å². The molecule has 0 unspecified atom stereocenters. The van der Waals surface area contributed by atoms with E-state index in [0.29, 0.717) is 6.42 Å². The van der Waals surface area contributed by atoms with Gasteiger partial charge >= 0.3 is 6.18 Å². The Morgan fingerprint density at radius 1 is 0.952 bits per heavy atom. The van der Waals surface area contributed by atoms with Crippen molar-refractivity contribution in [2.75, 3.05) is 11.9 Å². The number of anilines is 2. The smallest absolute Gasteiger partial charge is 0.344 e. The summed E-state index contributed by atoms with van der Waals surface area (Å²) in [6.07, 6.45) is -2.96. The first-order valence-corrected chi connectivity index (χ1v) is 7.38. The standard InChI is InChI=1S/C16H13BrF3N/c1-21-14-6-4-12(16(18,19)20)8-10(14)2-3-11-9-13(17)5-7-15(11)21/h4-9H,2-3H2,1H3. The van der Waals surface area contributed by atoms with Gasteiger partial charge in [0.25, 0.3) is 0 Å². The van der Waals surface area contributed by atoms with Gasteiger partial charge in [-0.25, -0.2) is 0 Å². The van der Waals surface area contributed by atoms with Crippen LogP contribution in [0.15, 0.2) is 40.9 Å². The molecule has 1 heterocycles. The summed E-state index contributed by atoms with van der Waals surface area (Å²) in [4.78, 5) is 1.96. The SMILES string of the molecule is CN1c2ccc(Br)cc2CCc2cc(C(F)(F)F)ccc21. The van der Waals surface area contributed by atoms with Crippen molar-refractivity contribution < 1.29 is 13.2 Å². The molecular weight excluding hydrogens is 343 g/mol. The molecule has 0 N–H and O–H groups in total. The number of hydrogen-bond donors (Lipinski definition) is 0. The highest BCUT2D eigenvalue weighted by Gasteiger charge is 2.31. The highest BCUT2D eigenvalue weighted by molar-refractivity contribution is 9.10. The summed E-state index contributed by atoms with van der Waals surface area (Å²) in [6, 6.07) is 9.96. The lowest BCUT2D eigenvalue weighted by Crippen LogP contribution is -2.12. The zero-order valence-electron chi connectivity index (χ0n) is 11.3. The van der Waals surface area contributed by atoms with E-state index in [9.17, 15) is 13.2 Å². The molecule has 3 rings (SSSR count). The number of nitrogens with zero attached hydrogens (tertiary/aromatic N) is 1. The lowest BCUT2D eigenvalue weighted by molar-refractivity contribution is -0.137. The van der Waals surface area contributed by atoms with Crippen LogP contribution < -0.4 is 4.90 Å². The predicted molar refractivity (Wildman–Crippen MR) is 81.1 cm³/mol. The molecule has 0 radical (unpaired) electrons. The molecule has 1 nitrogen and oxygen atoms in total. The van der Waals surface area contributed by atoms with Crippen LogP contribution in [0.1, 0.15) is 16.7 Å². The van der Waals surface area contributed by atoms with Crippen LogP contribution in [0.2, 0.25) is 0 Å². The van der Waals surface area contributed by atoms with Gasteiger partial charge in [0.1, 0.15) is 0 Å². The number of alkyl halides is 3. The van der Waals surface area contributed by atoms with Crippen LogP contribution in [0.4, 0.5) is 24.5 Å². The normalized spacial score (nSPS) is 14.4. The van der Waals surface area contributed by atoms with E-state index in [1.54, 1.807) is 6.07 Å². The van der Waals surface area contributed by atoms with Crippen LogP contribution in [-0.4, -0.2) is 7.05 Å². The first kappa shape index (κ1) is 14.4. The minimum atomic E-state index is -4.30. The maximum atomic E-state index is 12.9. The molecule has 2 aromatic carbocycles. The number of fused-ring (bicyclic) bond motifs is 2. The molecule has 110 valence electrons.